The van der Waals surface area contributed by atoms with Crippen molar-refractivity contribution in [2.75, 3.05) is 0 Å². The van der Waals surface area contributed by atoms with E-state index >= 15 is 0 Å². The third kappa shape index (κ3) is 1.73. The molecule has 0 nitrogen and oxygen atoms in total. The van der Waals surface area contributed by atoms with Crippen LogP contribution in [-0.4, -0.2) is 0 Å². The summed E-state index contributed by atoms with van der Waals surface area (Å²) in [5.41, 5.74) is 8.65. The van der Waals surface area contributed by atoms with Crippen LogP contribution in [0.4, 0.5) is 0 Å². The van der Waals surface area contributed by atoms with E-state index < -0.39 is 0 Å². The van der Waals surface area contributed by atoms with Crippen molar-refractivity contribution < 1.29 is 0 Å². The normalized spacial score (nSPS) is 20.9. The van der Waals surface area contributed by atoms with Gasteiger partial charge >= 0.3 is 0 Å². The van der Waals surface area contributed by atoms with E-state index in [9.17, 15) is 0 Å². The Morgan fingerprint density at radius 2 is 1.90 bits per heavy atom. The van der Waals surface area contributed by atoms with Gasteiger partial charge in [0, 0.05) is 15.5 Å². The van der Waals surface area contributed by atoms with Gasteiger partial charge in [-0.3, -0.25) is 0 Å². The van der Waals surface area contributed by atoms with Crippen LogP contribution in [0.3, 0.4) is 0 Å². The highest BCUT2D eigenvalue weighted by molar-refractivity contribution is 9.10. The highest BCUT2D eigenvalue weighted by Crippen LogP contribution is 2.53. The lowest BCUT2D eigenvalue weighted by Gasteiger charge is -2.25. The van der Waals surface area contributed by atoms with Gasteiger partial charge in [0.1, 0.15) is 0 Å². The molecule has 106 valence electrons. The van der Waals surface area contributed by atoms with Gasteiger partial charge in [-0.2, -0.15) is 0 Å². The number of hydrogen-bond donors (Lipinski definition) is 0. The van der Waals surface area contributed by atoms with E-state index in [0.29, 0.717) is 5.92 Å². The molecule has 2 aromatic carbocycles. The Balaban J connectivity index is 2.08. The van der Waals surface area contributed by atoms with Gasteiger partial charge in [-0.15, -0.1) is 0 Å². The molecule has 4 rings (SSSR count). The molecule has 1 unspecified atom stereocenters. The molecule has 0 aliphatic heterocycles. The number of fused-ring (bicyclic) bond motifs is 4. The summed E-state index contributed by atoms with van der Waals surface area (Å²) in [5, 5.41) is 0. The molecule has 0 amide bonds. The summed E-state index contributed by atoms with van der Waals surface area (Å²) < 4.78 is 1.27. The highest BCUT2D eigenvalue weighted by atomic mass is 79.9. The molecule has 0 radical (unpaired) electrons. The van der Waals surface area contributed by atoms with Crippen molar-refractivity contribution in [2.24, 2.45) is 5.92 Å². The molecule has 0 saturated carbocycles. The minimum atomic E-state index is 0.0911. The molecule has 0 aromatic heterocycles. The summed E-state index contributed by atoms with van der Waals surface area (Å²) in [6, 6.07) is 11.3. The van der Waals surface area contributed by atoms with Crippen molar-refractivity contribution in [2.45, 2.75) is 32.6 Å². The summed E-state index contributed by atoms with van der Waals surface area (Å²) >= 11 is 3.91. The molecule has 0 bridgehead atoms. The van der Waals surface area contributed by atoms with Crippen LogP contribution in [0, 0.1) is 5.92 Å². The van der Waals surface area contributed by atoms with Crippen LogP contribution in [-0.2, 0) is 11.8 Å². The number of allylic oxidation sites excluding steroid dienone is 1. The number of benzene rings is 2. The molecule has 21 heavy (non-hydrogen) atoms. The van der Waals surface area contributed by atoms with E-state index in [1.165, 1.54) is 37.9 Å². The third-order valence-corrected chi connectivity index (χ3v) is 5.89. The predicted octanol–water partition coefficient (Wildman–Crippen LogP) is 5.96. The quantitative estimate of drug-likeness (QED) is 0.555. The Morgan fingerprint density at radius 1 is 1.14 bits per heavy atom. The minimum Gasteiger partial charge on any atom is -0.0807 e. The maximum Gasteiger partial charge on any atom is 0.0332 e. The number of halogens is 1. The van der Waals surface area contributed by atoms with Gasteiger partial charge in [-0.1, -0.05) is 63.3 Å². The van der Waals surface area contributed by atoms with Crippen molar-refractivity contribution in [1.29, 1.82) is 0 Å². The molecule has 0 fully saturated rings. The van der Waals surface area contributed by atoms with E-state index in [1.54, 1.807) is 0 Å². The van der Waals surface area contributed by atoms with E-state index in [4.69, 9.17) is 0 Å². The van der Waals surface area contributed by atoms with E-state index in [0.717, 1.165) is 6.42 Å². The first-order valence-electron chi connectivity index (χ1n) is 7.64. The summed E-state index contributed by atoms with van der Waals surface area (Å²) in [5.74, 6) is 0.634. The molecule has 1 heteroatoms. The van der Waals surface area contributed by atoms with Crippen LogP contribution in [0.1, 0.15) is 43.0 Å². The topological polar surface area (TPSA) is 0 Å². The monoisotopic (exact) mass is 338 g/mol. The van der Waals surface area contributed by atoms with Crippen molar-refractivity contribution in [3.8, 4) is 11.1 Å². The zero-order valence-corrected chi connectivity index (χ0v) is 14.3. The van der Waals surface area contributed by atoms with Gasteiger partial charge in [0.25, 0.3) is 0 Å². The molecular formula is C20H19Br. The Labute approximate surface area is 135 Å². The van der Waals surface area contributed by atoms with Crippen molar-refractivity contribution in [3.63, 3.8) is 0 Å². The number of hydrogen-bond acceptors (Lipinski definition) is 0. The van der Waals surface area contributed by atoms with Crippen LogP contribution in [0.2, 0.25) is 0 Å². The molecule has 2 aliphatic rings. The van der Waals surface area contributed by atoms with Gasteiger partial charge in [0.05, 0.1) is 0 Å². The Morgan fingerprint density at radius 3 is 2.71 bits per heavy atom. The van der Waals surface area contributed by atoms with Crippen LogP contribution in [0.5, 0.6) is 0 Å². The second kappa shape index (κ2) is 4.33. The van der Waals surface area contributed by atoms with Crippen LogP contribution < -0.4 is 0 Å². The molecular weight excluding hydrogens is 320 g/mol. The zero-order chi connectivity index (χ0) is 14.8. The fourth-order valence-corrected chi connectivity index (χ4v) is 4.70. The van der Waals surface area contributed by atoms with Crippen LogP contribution >= 0.6 is 15.9 Å². The second-order valence-corrected chi connectivity index (χ2v) is 7.69. The van der Waals surface area contributed by atoms with Crippen molar-refractivity contribution >= 4 is 22.0 Å². The second-order valence-electron chi connectivity index (χ2n) is 6.90. The zero-order valence-electron chi connectivity index (χ0n) is 12.7. The lowest BCUT2D eigenvalue weighted by atomic mass is 9.80. The summed E-state index contributed by atoms with van der Waals surface area (Å²) in [7, 11) is 0. The van der Waals surface area contributed by atoms with Crippen LogP contribution in [0.15, 0.2) is 40.9 Å². The Hall–Kier alpha value is -1.34. The average Bonchev–Trinajstić information content (AvgIpc) is 2.68. The Kier molecular flexibility index (Phi) is 2.75. The molecule has 0 saturated heterocycles. The predicted molar refractivity (Wildman–Crippen MR) is 93.6 cm³/mol. The summed E-state index contributed by atoms with van der Waals surface area (Å²) in [6.45, 7) is 6.98. The fraction of sp³-hybridized carbons (Fsp3) is 0.300. The van der Waals surface area contributed by atoms with E-state index in [1.807, 2.05) is 0 Å². The molecule has 0 N–H and O–H groups in total. The first-order chi connectivity index (χ1) is 10.00. The lowest BCUT2D eigenvalue weighted by Crippen LogP contribution is -2.16. The first-order valence-corrected chi connectivity index (χ1v) is 8.43. The average molecular weight is 339 g/mol. The largest absolute Gasteiger partial charge is 0.0807 e. The van der Waals surface area contributed by atoms with Crippen LogP contribution in [0.25, 0.3) is 17.2 Å². The Bertz CT molecular complexity index is 781. The van der Waals surface area contributed by atoms with Crippen molar-refractivity contribution in [3.05, 3.63) is 63.1 Å². The summed E-state index contributed by atoms with van der Waals surface area (Å²) in [6.07, 6.45) is 5.76. The van der Waals surface area contributed by atoms with Gasteiger partial charge in [0.15, 0.2) is 0 Å². The maximum absolute atomic E-state index is 3.91. The lowest BCUT2D eigenvalue weighted by molar-refractivity contribution is 0.654. The van der Waals surface area contributed by atoms with Gasteiger partial charge in [-0.05, 0) is 56.1 Å². The van der Waals surface area contributed by atoms with Gasteiger partial charge < -0.3 is 0 Å². The van der Waals surface area contributed by atoms with Crippen molar-refractivity contribution in [1.82, 2.24) is 0 Å². The molecule has 1 atom stereocenters. The van der Waals surface area contributed by atoms with Gasteiger partial charge in [-0.25, -0.2) is 0 Å². The van der Waals surface area contributed by atoms with Gasteiger partial charge in [0.2, 0.25) is 0 Å². The molecule has 0 spiro atoms. The highest BCUT2D eigenvalue weighted by Gasteiger charge is 2.37. The van der Waals surface area contributed by atoms with E-state index in [-0.39, 0.29) is 5.41 Å². The summed E-state index contributed by atoms with van der Waals surface area (Å²) in [4.78, 5) is 0. The smallest absolute Gasteiger partial charge is 0.0332 e. The molecule has 0 heterocycles. The molecule has 2 aliphatic carbocycles. The number of rotatable bonds is 0. The first kappa shape index (κ1) is 13.3. The SMILES string of the molecule is CC1C=Cc2c(cc3c(c2Br)-c2ccccc2C3(C)C)C1. The minimum absolute atomic E-state index is 0.0911. The standard InChI is InChI=1S/C20H19Br/c1-12-8-9-14-13(10-12)11-17-18(19(14)21)15-6-4-5-7-16(15)20(17,2)3/h4-9,11-12H,10H2,1-3H3. The molecule has 2 aromatic rings. The maximum atomic E-state index is 3.91. The third-order valence-electron chi connectivity index (χ3n) is 5.07. The fourth-order valence-electron chi connectivity index (χ4n) is 3.89. The van der Waals surface area contributed by atoms with E-state index in [2.05, 4.69) is 79.2 Å².